The second-order valence-electron chi connectivity index (χ2n) is 5.67. The predicted octanol–water partition coefficient (Wildman–Crippen LogP) is 4.46. The number of aromatic nitrogens is 1. The maximum atomic E-state index is 12.9. The summed E-state index contributed by atoms with van der Waals surface area (Å²) in [5.41, 5.74) is 0.835. The van der Waals surface area contributed by atoms with E-state index in [4.69, 9.17) is 0 Å². The summed E-state index contributed by atoms with van der Waals surface area (Å²) < 4.78 is 3.09. The summed E-state index contributed by atoms with van der Waals surface area (Å²) >= 11 is 3.50. The number of amides is 1. The van der Waals surface area contributed by atoms with Gasteiger partial charge in [0.1, 0.15) is 5.69 Å². The minimum absolute atomic E-state index is 0.210. The molecule has 0 spiro atoms. The van der Waals surface area contributed by atoms with Crippen molar-refractivity contribution >= 4 is 21.8 Å². The van der Waals surface area contributed by atoms with Crippen molar-refractivity contribution < 1.29 is 4.79 Å². The Hall–Kier alpha value is -0.770. The number of hydrogen-bond acceptors (Lipinski definition) is 1. The Bertz CT molecular complexity index is 453. The summed E-state index contributed by atoms with van der Waals surface area (Å²) in [4.78, 5) is 15.0. The van der Waals surface area contributed by atoms with Crippen LogP contribution in [0.1, 0.15) is 62.9 Å². The normalized spacial score (nSPS) is 19.4. The minimum Gasteiger partial charge on any atom is -0.342 e. The van der Waals surface area contributed by atoms with Crippen molar-refractivity contribution in [3.8, 4) is 0 Å². The van der Waals surface area contributed by atoms with Crippen molar-refractivity contribution in [3.05, 3.63) is 22.4 Å². The van der Waals surface area contributed by atoms with E-state index in [1.165, 1.54) is 6.42 Å². The molecule has 1 fully saturated rings. The third-order valence-electron chi connectivity index (χ3n) is 4.06. The number of aryl methyl sites for hydroxylation is 1. The molecule has 1 aromatic rings. The lowest BCUT2D eigenvalue weighted by molar-refractivity contribution is 0.0589. The number of hydrogen-bond donors (Lipinski definition) is 0. The zero-order valence-electron chi connectivity index (χ0n) is 12.6. The monoisotopic (exact) mass is 340 g/mol. The van der Waals surface area contributed by atoms with E-state index >= 15 is 0 Å². The first kappa shape index (κ1) is 15.6. The fourth-order valence-electron chi connectivity index (χ4n) is 3.13. The van der Waals surface area contributed by atoms with Crippen LogP contribution in [-0.2, 0) is 6.54 Å². The third kappa shape index (κ3) is 3.46. The second kappa shape index (κ2) is 7.30. The number of piperidine rings is 1. The molecule has 1 aromatic heterocycles. The summed E-state index contributed by atoms with van der Waals surface area (Å²) in [6.45, 7) is 6.16. The van der Waals surface area contributed by atoms with Gasteiger partial charge in [0, 0.05) is 29.8 Å². The number of rotatable bonds is 5. The minimum atomic E-state index is 0.210. The molecule has 2 rings (SSSR count). The van der Waals surface area contributed by atoms with Gasteiger partial charge < -0.3 is 9.47 Å². The summed E-state index contributed by atoms with van der Waals surface area (Å²) in [5, 5.41) is 0. The van der Waals surface area contributed by atoms with E-state index in [2.05, 4.69) is 39.2 Å². The Morgan fingerprint density at radius 2 is 2.15 bits per heavy atom. The van der Waals surface area contributed by atoms with Gasteiger partial charge in [0.15, 0.2) is 0 Å². The van der Waals surface area contributed by atoms with Gasteiger partial charge in [-0.2, -0.15) is 0 Å². The molecule has 20 heavy (non-hydrogen) atoms. The van der Waals surface area contributed by atoms with Gasteiger partial charge in [0.25, 0.3) is 5.91 Å². The fraction of sp³-hybridized carbons (Fsp3) is 0.688. The standard InChI is InChI=1S/C16H25BrN2O/c1-3-7-14-8-5-6-10-19(14)16(20)15-11-13(17)12-18(15)9-4-2/h11-12,14H,3-10H2,1-2H3. The van der Waals surface area contributed by atoms with Crippen LogP contribution in [0.4, 0.5) is 0 Å². The van der Waals surface area contributed by atoms with Crippen LogP contribution in [0.25, 0.3) is 0 Å². The molecule has 0 saturated carbocycles. The zero-order valence-corrected chi connectivity index (χ0v) is 14.2. The van der Waals surface area contributed by atoms with Crippen LogP contribution in [0.5, 0.6) is 0 Å². The first-order valence-corrected chi connectivity index (χ1v) is 8.63. The molecule has 3 nitrogen and oxygen atoms in total. The number of carbonyl (C=O) groups excluding carboxylic acids is 1. The summed E-state index contributed by atoms with van der Waals surface area (Å²) in [7, 11) is 0. The maximum absolute atomic E-state index is 12.9. The molecule has 1 amide bonds. The molecule has 112 valence electrons. The highest BCUT2D eigenvalue weighted by molar-refractivity contribution is 9.10. The van der Waals surface area contributed by atoms with Crippen LogP contribution >= 0.6 is 15.9 Å². The first-order chi connectivity index (χ1) is 9.67. The van der Waals surface area contributed by atoms with Gasteiger partial charge in [-0.3, -0.25) is 4.79 Å². The molecule has 1 unspecified atom stereocenters. The van der Waals surface area contributed by atoms with Crippen molar-refractivity contribution in [2.45, 2.75) is 65.0 Å². The van der Waals surface area contributed by atoms with Crippen molar-refractivity contribution in [3.63, 3.8) is 0 Å². The zero-order chi connectivity index (χ0) is 14.5. The third-order valence-corrected chi connectivity index (χ3v) is 4.49. The lowest BCUT2D eigenvalue weighted by atomic mass is 9.98. The smallest absolute Gasteiger partial charge is 0.270 e. The Balaban J connectivity index is 2.20. The van der Waals surface area contributed by atoms with Crippen LogP contribution in [0.3, 0.4) is 0 Å². The van der Waals surface area contributed by atoms with Crippen LogP contribution in [0, 0.1) is 0 Å². The van der Waals surface area contributed by atoms with E-state index in [0.29, 0.717) is 6.04 Å². The van der Waals surface area contributed by atoms with Gasteiger partial charge in [-0.25, -0.2) is 0 Å². The van der Waals surface area contributed by atoms with Gasteiger partial charge >= 0.3 is 0 Å². The van der Waals surface area contributed by atoms with Crippen LogP contribution in [0.15, 0.2) is 16.7 Å². The quantitative estimate of drug-likeness (QED) is 0.776. The van der Waals surface area contributed by atoms with Gasteiger partial charge in [-0.05, 0) is 54.1 Å². The fourth-order valence-corrected chi connectivity index (χ4v) is 3.59. The number of halogens is 1. The van der Waals surface area contributed by atoms with Gasteiger partial charge in [-0.1, -0.05) is 20.3 Å². The molecule has 0 N–H and O–H groups in total. The molecular formula is C16H25BrN2O. The number of likely N-dealkylation sites (tertiary alicyclic amines) is 1. The molecule has 1 saturated heterocycles. The largest absolute Gasteiger partial charge is 0.342 e. The number of nitrogens with zero attached hydrogens (tertiary/aromatic N) is 2. The summed E-state index contributed by atoms with van der Waals surface area (Å²) in [5.74, 6) is 0.210. The predicted molar refractivity (Wildman–Crippen MR) is 86.0 cm³/mol. The van der Waals surface area contributed by atoms with Crippen molar-refractivity contribution in [1.29, 1.82) is 0 Å². The molecule has 1 atom stereocenters. The Kier molecular flexibility index (Phi) is 5.70. The molecule has 0 aromatic carbocycles. The molecule has 2 heterocycles. The Morgan fingerprint density at radius 1 is 1.35 bits per heavy atom. The van der Waals surface area contributed by atoms with E-state index in [1.807, 2.05) is 12.3 Å². The van der Waals surface area contributed by atoms with Gasteiger partial charge in [0.2, 0.25) is 0 Å². The maximum Gasteiger partial charge on any atom is 0.270 e. The van der Waals surface area contributed by atoms with E-state index in [9.17, 15) is 4.79 Å². The average Bonchev–Trinajstić information content (AvgIpc) is 2.80. The highest BCUT2D eigenvalue weighted by atomic mass is 79.9. The lowest BCUT2D eigenvalue weighted by Crippen LogP contribution is -2.44. The van der Waals surface area contributed by atoms with Gasteiger partial charge in [0.05, 0.1) is 0 Å². The molecule has 1 aliphatic rings. The van der Waals surface area contributed by atoms with Crippen molar-refractivity contribution in [1.82, 2.24) is 9.47 Å². The first-order valence-electron chi connectivity index (χ1n) is 7.84. The van der Waals surface area contributed by atoms with Crippen LogP contribution in [0.2, 0.25) is 0 Å². The average molecular weight is 341 g/mol. The van der Waals surface area contributed by atoms with E-state index in [0.717, 1.165) is 55.4 Å². The molecule has 0 aliphatic carbocycles. The Labute approximate surface area is 130 Å². The topological polar surface area (TPSA) is 25.2 Å². The second-order valence-corrected chi connectivity index (χ2v) is 6.59. The van der Waals surface area contributed by atoms with Crippen molar-refractivity contribution in [2.24, 2.45) is 0 Å². The molecule has 4 heteroatoms. The van der Waals surface area contributed by atoms with Crippen LogP contribution in [-0.4, -0.2) is 28.0 Å². The number of carbonyl (C=O) groups is 1. The van der Waals surface area contributed by atoms with E-state index < -0.39 is 0 Å². The van der Waals surface area contributed by atoms with E-state index in [-0.39, 0.29) is 5.91 Å². The van der Waals surface area contributed by atoms with Crippen molar-refractivity contribution in [2.75, 3.05) is 6.54 Å². The summed E-state index contributed by atoms with van der Waals surface area (Å²) in [6.07, 6.45) is 8.90. The SMILES string of the molecule is CCCC1CCCCN1C(=O)c1cc(Br)cn1CCC. The molecule has 0 bridgehead atoms. The summed E-state index contributed by atoms with van der Waals surface area (Å²) in [6, 6.07) is 2.40. The highest BCUT2D eigenvalue weighted by Gasteiger charge is 2.28. The van der Waals surface area contributed by atoms with Crippen LogP contribution < -0.4 is 0 Å². The molecule has 0 radical (unpaired) electrons. The Morgan fingerprint density at radius 3 is 2.85 bits per heavy atom. The molecule has 1 aliphatic heterocycles. The van der Waals surface area contributed by atoms with Gasteiger partial charge in [-0.15, -0.1) is 0 Å². The lowest BCUT2D eigenvalue weighted by Gasteiger charge is -2.36. The van der Waals surface area contributed by atoms with E-state index in [1.54, 1.807) is 0 Å². The highest BCUT2D eigenvalue weighted by Crippen LogP contribution is 2.25. The molecular weight excluding hydrogens is 316 g/mol.